The van der Waals surface area contributed by atoms with Gasteiger partial charge in [-0.3, -0.25) is 0 Å². The summed E-state index contributed by atoms with van der Waals surface area (Å²) in [5.74, 6) is 0.468. The lowest BCUT2D eigenvalue weighted by Gasteiger charge is -2.26. The number of nitrogen functional groups attached to an aromatic ring is 2. The average molecular weight is 238 g/mol. The molecular formula is C12H18N2O3. The van der Waals surface area contributed by atoms with Crippen LogP contribution >= 0.6 is 0 Å². The number of benzene rings is 1. The van der Waals surface area contributed by atoms with Crippen molar-refractivity contribution in [2.75, 3.05) is 11.5 Å². The van der Waals surface area contributed by atoms with Gasteiger partial charge in [-0.15, -0.1) is 0 Å². The molecule has 1 fully saturated rings. The predicted molar refractivity (Wildman–Crippen MR) is 65.8 cm³/mol. The molecule has 0 aromatic heterocycles. The minimum atomic E-state index is -0.211. The van der Waals surface area contributed by atoms with Gasteiger partial charge in [-0.25, -0.2) is 0 Å². The highest BCUT2D eigenvalue weighted by atomic mass is 16.5. The van der Waals surface area contributed by atoms with Gasteiger partial charge in [0.05, 0.1) is 12.2 Å². The zero-order chi connectivity index (χ0) is 12.4. The molecule has 17 heavy (non-hydrogen) atoms. The van der Waals surface area contributed by atoms with Gasteiger partial charge in [-0.05, 0) is 37.8 Å². The number of nitrogens with two attached hydrogens (primary N) is 2. The topological polar surface area (TPSA) is 102 Å². The van der Waals surface area contributed by atoms with Crippen LogP contribution in [-0.2, 0) is 0 Å². The van der Waals surface area contributed by atoms with Crippen molar-refractivity contribution in [3.63, 3.8) is 0 Å². The Hall–Kier alpha value is -1.62. The van der Waals surface area contributed by atoms with Crippen molar-refractivity contribution in [3.8, 4) is 11.5 Å². The molecule has 6 N–H and O–H groups in total. The van der Waals surface area contributed by atoms with Gasteiger partial charge in [0.2, 0.25) is 0 Å². The van der Waals surface area contributed by atoms with E-state index in [2.05, 4.69) is 0 Å². The maximum Gasteiger partial charge on any atom is 0.145 e. The number of aromatic hydroxyl groups is 1. The lowest BCUT2D eigenvalue weighted by atomic mass is 9.95. The van der Waals surface area contributed by atoms with Gasteiger partial charge in [0.1, 0.15) is 22.9 Å². The molecule has 0 spiro atoms. The Morgan fingerprint density at radius 2 is 1.71 bits per heavy atom. The van der Waals surface area contributed by atoms with Crippen molar-refractivity contribution in [2.45, 2.75) is 37.9 Å². The van der Waals surface area contributed by atoms with Crippen LogP contribution in [0.2, 0.25) is 0 Å². The summed E-state index contributed by atoms with van der Waals surface area (Å²) in [4.78, 5) is 0. The highest BCUT2D eigenvalue weighted by Crippen LogP contribution is 2.36. The Bertz CT molecular complexity index is 401. The number of ether oxygens (including phenoxy) is 1. The monoisotopic (exact) mass is 238 g/mol. The molecule has 1 aliphatic rings. The molecule has 1 aromatic carbocycles. The summed E-state index contributed by atoms with van der Waals surface area (Å²) in [5, 5.41) is 18.8. The fraction of sp³-hybridized carbons (Fsp3) is 0.500. The van der Waals surface area contributed by atoms with Crippen molar-refractivity contribution >= 4 is 11.4 Å². The molecule has 5 heteroatoms. The summed E-state index contributed by atoms with van der Waals surface area (Å²) in [5.41, 5.74) is 11.8. The summed E-state index contributed by atoms with van der Waals surface area (Å²) < 4.78 is 5.74. The highest BCUT2D eigenvalue weighted by molar-refractivity contribution is 5.76. The minimum absolute atomic E-state index is 0.0334. The van der Waals surface area contributed by atoms with Crippen molar-refractivity contribution < 1.29 is 14.9 Å². The van der Waals surface area contributed by atoms with E-state index < -0.39 is 0 Å². The molecule has 5 nitrogen and oxygen atoms in total. The van der Waals surface area contributed by atoms with E-state index in [1.807, 2.05) is 0 Å². The molecule has 0 radical (unpaired) electrons. The van der Waals surface area contributed by atoms with Crippen LogP contribution in [0.4, 0.5) is 11.4 Å². The van der Waals surface area contributed by atoms with E-state index >= 15 is 0 Å². The third kappa shape index (κ3) is 2.55. The molecule has 0 aliphatic heterocycles. The van der Waals surface area contributed by atoms with Crippen molar-refractivity contribution in [2.24, 2.45) is 0 Å². The first kappa shape index (κ1) is 11.9. The van der Waals surface area contributed by atoms with E-state index in [0.29, 0.717) is 5.75 Å². The molecule has 1 aromatic rings. The third-order valence-electron chi connectivity index (χ3n) is 3.16. The molecule has 0 atom stereocenters. The number of hydrogen-bond donors (Lipinski definition) is 4. The SMILES string of the molecule is Nc1c(O)ccc(OC2CCC(O)CC2)c1N. The number of anilines is 2. The Morgan fingerprint density at radius 1 is 1.06 bits per heavy atom. The van der Waals surface area contributed by atoms with Crippen LogP contribution in [0.1, 0.15) is 25.7 Å². The molecular weight excluding hydrogens is 220 g/mol. The summed E-state index contributed by atoms with van der Waals surface area (Å²) in [6.45, 7) is 0. The van der Waals surface area contributed by atoms with E-state index in [-0.39, 0.29) is 29.3 Å². The number of rotatable bonds is 2. The average Bonchev–Trinajstić information content (AvgIpc) is 2.33. The first-order valence-corrected chi connectivity index (χ1v) is 5.79. The maximum atomic E-state index is 9.39. The molecule has 2 rings (SSSR count). The van der Waals surface area contributed by atoms with Gasteiger partial charge in [0.25, 0.3) is 0 Å². The van der Waals surface area contributed by atoms with Gasteiger partial charge in [0, 0.05) is 0 Å². The van der Waals surface area contributed by atoms with Gasteiger partial charge < -0.3 is 26.4 Å². The molecule has 0 heterocycles. The first-order chi connectivity index (χ1) is 8.08. The third-order valence-corrected chi connectivity index (χ3v) is 3.16. The number of phenolic OH excluding ortho intramolecular Hbond substituents is 1. The molecule has 1 saturated carbocycles. The fourth-order valence-electron chi connectivity index (χ4n) is 2.05. The molecule has 0 amide bonds. The van der Waals surface area contributed by atoms with Crippen molar-refractivity contribution in [3.05, 3.63) is 12.1 Å². The normalized spacial score (nSPS) is 24.5. The summed E-state index contributed by atoms with van der Waals surface area (Å²) in [6.07, 6.45) is 2.96. The second-order valence-corrected chi connectivity index (χ2v) is 4.46. The first-order valence-electron chi connectivity index (χ1n) is 5.79. The molecule has 0 unspecified atom stereocenters. The fourth-order valence-corrected chi connectivity index (χ4v) is 2.05. The molecule has 94 valence electrons. The van der Waals surface area contributed by atoms with Crippen LogP contribution in [0.15, 0.2) is 12.1 Å². The standard InChI is InChI=1S/C12H18N2O3/c13-11-9(16)5-6-10(12(11)14)17-8-3-1-7(15)2-4-8/h5-8,15-16H,1-4,13-14H2. The smallest absolute Gasteiger partial charge is 0.145 e. The number of aliphatic hydroxyl groups excluding tert-OH is 1. The Labute approximate surface area is 100.0 Å². The molecule has 1 aliphatic carbocycles. The Kier molecular flexibility index (Phi) is 3.28. The zero-order valence-corrected chi connectivity index (χ0v) is 9.60. The quantitative estimate of drug-likeness (QED) is 0.458. The van der Waals surface area contributed by atoms with Crippen molar-refractivity contribution in [1.82, 2.24) is 0 Å². The largest absolute Gasteiger partial charge is 0.506 e. The van der Waals surface area contributed by atoms with Crippen LogP contribution in [-0.4, -0.2) is 22.4 Å². The number of hydrogen-bond acceptors (Lipinski definition) is 5. The summed E-state index contributed by atoms with van der Waals surface area (Å²) in [6, 6.07) is 3.09. The van der Waals surface area contributed by atoms with Gasteiger partial charge in [0.15, 0.2) is 0 Å². The van der Waals surface area contributed by atoms with Crippen LogP contribution in [0.5, 0.6) is 11.5 Å². The second kappa shape index (κ2) is 4.71. The van der Waals surface area contributed by atoms with E-state index in [1.54, 1.807) is 6.07 Å². The number of phenols is 1. The van der Waals surface area contributed by atoms with Crippen LogP contribution in [0, 0.1) is 0 Å². The lowest BCUT2D eigenvalue weighted by molar-refractivity contribution is 0.0669. The predicted octanol–water partition coefficient (Wildman–Crippen LogP) is 1.24. The van der Waals surface area contributed by atoms with E-state index in [0.717, 1.165) is 25.7 Å². The lowest BCUT2D eigenvalue weighted by Crippen LogP contribution is -2.26. The Balaban J connectivity index is 2.06. The molecule has 0 saturated heterocycles. The highest BCUT2D eigenvalue weighted by Gasteiger charge is 2.21. The van der Waals surface area contributed by atoms with E-state index in [4.69, 9.17) is 16.2 Å². The van der Waals surface area contributed by atoms with Crippen LogP contribution < -0.4 is 16.2 Å². The maximum absolute atomic E-state index is 9.39. The second-order valence-electron chi connectivity index (χ2n) is 4.46. The van der Waals surface area contributed by atoms with Gasteiger partial charge in [-0.1, -0.05) is 0 Å². The Morgan fingerprint density at radius 3 is 2.35 bits per heavy atom. The minimum Gasteiger partial charge on any atom is -0.506 e. The van der Waals surface area contributed by atoms with E-state index in [9.17, 15) is 10.2 Å². The van der Waals surface area contributed by atoms with Crippen LogP contribution in [0.25, 0.3) is 0 Å². The van der Waals surface area contributed by atoms with Gasteiger partial charge >= 0.3 is 0 Å². The van der Waals surface area contributed by atoms with E-state index in [1.165, 1.54) is 6.07 Å². The number of aliphatic hydroxyl groups is 1. The zero-order valence-electron chi connectivity index (χ0n) is 9.60. The van der Waals surface area contributed by atoms with Gasteiger partial charge in [-0.2, -0.15) is 0 Å². The summed E-state index contributed by atoms with van der Waals surface area (Å²) in [7, 11) is 0. The van der Waals surface area contributed by atoms with Crippen molar-refractivity contribution in [1.29, 1.82) is 0 Å². The molecule has 0 bridgehead atoms. The van der Waals surface area contributed by atoms with Crippen LogP contribution in [0.3, 0.4) is 0 Å². The summed E-state index contributed by atoms with van der Waals surface area (Å²) >= 11 is 0.